The number of amides is 1. The molecule has 0 bridgehead atoms. The Labute approximate surface area is 277 Å². The van der Waals surface area contributed by atoms with E-state index in [4.69, 9.17) is 14.2 Å². The van der Waals surface area contributed by atoms with Gasteiger partial charge in [-0.05, 0) is 59.3 Å². The molecule has 0 aromatic heterocycles. The Kier molecular flexibility index (Phi) is 12.4. The van der Waals surface area contributed by atoms with Crippen LogP contribution >= 0.6 is 0 Å². The molecule has 48 heavy (non-hydrogen) atoms. The Morgan fingerprint density at radius 2 is 1.40 bits per heavy atom. The summed E-state index contributed by atoms with van der Waals surface area (Å²) in [5.41, 5.74) is 1.05. The zero-order valence-electron chi connectivity index (χ0n) is 26.5. The van der Waals surface area contributed by atoms with E-state index in [-0.39, 0.29) is 11.7 Å². The lowest BCUT2D eigenvalue weighted by Crippen LogP contribution is -2.22. The summed E-state index contributed by atoms with van der Waals surface area (Å²) in [6.45, 7) is 0.746. The normalized spacial score (nSPS) is 11.8. The molecule has 0 saturated heterocycles. The number of hydrogen-bond donors (Lipinski definition) is 1. The Hall–Kier alpha value is -5.95. The minimum atomic E-state index is -2.93. The van der Waals surface area contributed by atoms with Crippen LogP contribution in [-0.4, -0.2) is 25.7 Å². The number of ether oxygens (including phenoxy) is 4. The molecule has 1 N–H and O–H groups in total. The third-order valence-electron chi connectivity index (χ3n) is 7.03. The fourth-order valence-electron chi connectivity index (χ4n) is 4.81. The fraction of sp³-hybridized carbons (Fsp3) is 0.184. The van der Waals surface area contributed by atoms with Crippen LogP contribution in [0.15, 0.2) is 121 Å². The molecule has 5 aromatic rings. The molecule has 8 nitrogen and oxygen atoms in total. The number of halogens is 2. The van der Waals surface area contributed by atoms with Crippen molar-refractivity contribution in [1.29, 1.82) is 5.26 Å². The van der Waals surface area contributed by atoms with E-state index in [0.29, 0.717) is 28.4 Å². The zero-order chi connectivity index (χ0) is 34.5. The topological polar surface area (TPSA) is 107 Å². The summed E-state index contributed by atoms with van der Waals surface area (Å²) in [5.74, 6) is 0.275. The van der Waals surface area contributed by atoms with E-state index in [1.54, 1.807) is 54.6 Å². The van der Waals surface area contributed by atoms with Crippen LogP contribution in [0, 0.1) is 17.2 Å². The molecule has 1 unspecified atom stereocenters. The van der Waals surface area contributed by atoms with Crippen molar-refractivity contribution in [2.45, 2.75) is 32.5 Å². The van der Waals surface area contributed by atoms with E-state index in [1.807, 2.05) is 74.5 Å². The predicted octanol–water partition coefficient (Wildman–Crippen LogP) is 9.19. The van der Waals surface area contributed by atoms with Crippen molar-refractivity contribution >= 4 is 22.8 Å². The summed E-state index contributed by atoms with van der Waals surface area (Å²) in [4.78, 5) is 24.1. The maximum atomic E-state index is 13.0. The minimum Gasteiger partial charge on any atom is -0.457 e. The van der Waals surface area contributed by atoms with E-state index in [1.165, 1.54) is 19.2 Å². The number of para-hydroxylation sites is 1. The number of fused-ring (bicyclic) bond motifs is 1. The second-order valence-corrected chi connectivity index (χ2v) is 10.7. The monoisotopic (exact) mass is 652 g/mol. The van der Waals surface area contributed by atoms with Crippen molar-refractivity contribution in [3.8, 4) is 29.1 Å². The molecule has 5 rings (SSSR count). The highest BCUT2D eigenvalue weighted by Gasteiger charge is 2.29. The third kappa shape index (κ3) is 9.77. The first-order chi connectivity index (χ1) is 23.2. The predicted molar refractivity (Wildman–Crippen MR) is 177 cm³/mol. The van der Waals surface area contributed by atoms with Crippen LogP contribution in [0.1, 0.15) is 37.0 Å². The van der Waals surface area contributed by atoms with Crippen molar-refractivity contribution in [1.82, 2.24) is 5.32 Å². The number of nitrogens with one attached hydrogen (secondary N) is 1. The summed E-state index contributed by atoms with van der Waals surface area (Å²) >= 11 is 0. The molecule has 0 aliphatic carbocycles. The second-order valence-electron chi connectivity index (χ2n) is 10.7. The van der Waals surface area contributed by atoms with Gasteiger partial charge in [0.15, 0.2) is 0 Å². The zero-order valence-corrected chi connectivity index (χ0v) is 26.5. The molecular formula is C38H34F2N2O6. The second kappa shape index (κ2) is 17.1. The minimum absolute atomic E-state index is 0.00486. The maximum absolute atomic E-state index is 13.0. The molecular weight excluding hydrogens is 618 g/mol. The van der Waals surface area contributed by atoms with Crippen LogP contribution in [-0.2, 0) is 9.53 Å². The largest absolute Gasteiger partial charge is 0.457 e. The van der Waals surface area contributed by atoms with E-state index in [2.05, 4.69) is 10.1 Å². The van der Waals surface area contributed by atoms with E-state index in [0.717, 1.165) is 10.8 Å². The molecule has 0 heterocycles. The highest BCUT2D eigenvalue weighted by atomic mass is 19.3. The van der Waals surface area contributed by atoms with Crippen molar-refractivity contribution in [2.75, 3.05) is 7.05 Å². The molecule has 0 radical (unpaired) electrons. The summed E-state index contributed by atoms with van der Waals surface area (Å²) in [7, 11) is 1.54. The molecule has 0 saturated carbocycles. The number of benzene rings is 5. The number of nitriles is 1. The van der Waals surface area contributed by atoms with Gasteiger partial charge in [-0.15, -0.1) is 0 Å². The molecule has 0 fully saturated rings. The van der Waals surface area contributed by atoms with E-state index in [9.17, 15) is 23.6 Å². The van der Waals surface area contributed by atoms with Crippen LogP contribution in [0.25, 0.3) is 10.8 Å². The number of nitrogens with zero attached hydrogens (tertiary/aromatic N) is 1. The van der Waals surface area contributed by atoms with Crippen molar-refractivity contribution in [3.63, 3.8) is 0 Å². The van der Waals surface area contributed by atoms with Gasteiger partial charge in [-0.1, -0.05) is 92.7 Å². The smallest absolute Gasteiger partial charge is 0.412 e. The number of rotatable bonds is 10. The lowest BCUT2D eigenvalue weighted by Gasteiger charge is -2.22. The molecule has 246 valence electrons. The van der Waals surface area contributed by atoms with Crippen molar-refractivity contribution < 1.29 is 37.3 Å². The van der Waals surface area contributed by atoms with E-state index >= 15 is 0 Å². The molecule has 0 aliphatic rings. The third-order valence-corrected chi connectivity index (χ3v) is 7.03. The average Bonchev–Trinajstić information content (AvgIpc) is 3.08. The summed E-state index contributed by atoms with van der Waals surface area (Å²) in [5, 5.41) is 14.1. The quantitative estimate of drug-likeness (QED) is 0.150. The van der Waals surface area contributed by atoms with Crippen molar-refractivity contribution in [2.24, 2.45) is 5.92 Å². The first-order valence-electron chi connectivity index (χ1n) is 15.0. The average molecular weight is 653 g/mol. The molecule has 1 amide bonds. The van der Waals surface area contributed by atoms with Gasteiger partial charge >= 0.3 is 18.7 Å². The van der Waals surface area contributed by atoms with Gasteiger partial charge in [-0.2, -0.15) is 14.0 Å². The van der Waals surface area contributed by atoms with Crippen LogP contribution in [0.3, 0.4) is 0 Å². The SMILES string of the molecule is CC(C)[C@H](C(=O)OC(C#N)c1cccc(Oc2ccccc2)c1)c1ccc(OC(F)F)cc1.CNC(=O)Oc1cccc2ccccc12. The van der Waals surface area contributed by atoms with Gasteiger partial charge in [0.05, 0.1) is 5.92 Å². The van der Waals surface area contributed by atoms with Gasteiger partial charge < -0.3 is 24.3 Å². The Morgan fingerprint density at radius 3 is 2.06 bits per heavy atom. The number of esters is 1. The molecule has 2 atom stereocenters. The van der Waals surface area contributed by atoms with Crippen LogP contribution < -0.4 is 19.5 Å². The summed E-state index contributed by atoms with van der Waals surface area (Å²) in [6.07, 6.45) is -1.59. The van der Waals surface area contributed by atoms with Crippen LogP contribution in [0.5, 0.6) is 23.0 Å². The molecule has 0 aliphatic heterocycles. The number of hydrogen-bond acceptors (Lipinski definition) is 7. The lowest BCUT2D eigenvalue weighted by atomic mass is 9.88. The number of carbonyl (C=O) groups excluding carboxylic acids is 2. The van der Waals surface area contributed by atoms with Gasteiger partial charge in [0.1, 0.15) is 29.1 Å². The number of carbonyl (C=O) groups is 2. The molecule has 5 aromatic carbocycles. The highest BCUT2D eigenvalue weighted by molar-refractivity contribution is 5.90. The molecule has 0 spiro atoms. The standard InChI is InChI=1S/C26H23F2NO4.C12H11NO2/c1-17(2)24(18-11-13-21(14-12-18)32-26(27)28)25(30)33-23(16-29)19-7-6-10-22(15-19)31-20-8-4-3-5-9-20;1-13-12(14)15-11-8-4-6-9-5-2-3-7-10(9)11/h3-15,17,23-24,26H,1-2H3;2-8H,1H3,(H,13,14)/t23?,24-;/m0./s1. The van der Waals surface area contributed by atoms with Gasteiger partial charge in [-0.3, -0.25) is 4.79 Å². The fourth-order valence-corrected chi connectivity index (χ4v) is 4.81. The van der Waals surface area contributed by atoms with Gasteiger partial charge in [-0.25, -0.2) is 4.79 Å². The summed E-state index contributed by atoms with van der Waals surface area (Å²) < 4.78 is 45.6. The van der Waals surface area contributed by atoms with Crippen molar-refractivity contribution in [3.05, 3.63) is 132 Å². The van der Waals surface area contributed by atoms with Gasteiger partial charge in [0, 0.05) is 18.0 Å². The van der Waals surface area contributed by atoms with Gasteiger partial charge in [0.2, 0.25) is 6.10 Å². The van der Waals surface area contributed by atoms with Gasteiger partial charge in [0.25, 0.3) is 0 Å². The van der Waals surface area contributed by atoms with Crippen LogP contribution in [0.2, 0.25) is 0 Å². The first kappa shape index (κ1) is 34.9. The number of alkyl halides is 2. The Balaban J connectivity index is 0.000000287. The van der Waals surface area contributed by atoms with Crippen LogP contribution in [0.4, 0.5) is 13.6 Å². The lowest BCUT2D eigenvalue weighted by molar-refractivity contribution is -0.150. The Morgan fingerprint density at radius 1 is 0.750 bits per heavy atom. The molecule has 10 heteroatoms. The summed E-state index contributed by atoms with van der Waals surface area (Å²) in [6, 6.07) is 37.2. The highest BCUT2D eigenvalue weighted by Crippen LogP contribution is 2.32. The first-order valence-corrected chi connectivity index (χ1v) is 15.0. The Bertz CT molecular complexity index is 1840. The maximum Gasteiger partial charge on any atom is 0.412 e. The van der Waals surface area contributed by atoms with E-state index < -0.39 is 30.7 Å².